The van der Waals surface area contributed by atoms with E-state index < -0.39 is 0 Å². The number of fused-ring (bicyclic) bond motifs is 1. The third-order valence-corrected chi connectivity index (χ3v) is 5.93. The number of carbonyl (C=O) groups is 1. The molecule has 2 aliphatic heterocycles. The first-order chi connectivity index (χ1) is 15.7. The third-order valence-electron chi connectivity index (χ3n) is 5.69. The summed E-state index contributed by atoms with van der Waals surface area (Å²) in [7, 11) is 0. The zero-order chi connectivity index (χ0) is 21.9. The molecule has 0 radical (unpaired) electrons. The number of carbonyl (C=O) groups excluding carboxylic acids is 1. The van der Waals surface area contributed by atoms with Gasteiger partial charge < -0.3 is 15.0 Å². The Bertz CT molecular complexity index is 1130. The zero-order valence-electron chi connectivity index (χ0n) is 17.6. The van der Waals surface area contributed by atoms with Crippen LogP contribution in [0.25, 0.3) is 11.3 Å². The van der Waals surface area contributed by atoms with Gasteiger partial charge in [-0.05, 0) is 49.6 Å². The van der Waals surface area contributed by atoms with Crippen molar-refractivity contribution < 1.29 is 9.53 Å². The Labute approximate surface area is 192 Å². The minimum atomic E-state index is -0.257. The number of urea groups is 1. The number of nitrogens with one attached hydrogen (secondary N) is 1. The van der Waals surface area contributed by atoms with Crippen molar-refractivity contribution in [3.8, 4) is 17.0 Å². The number of halogens is 1. The van der Waals surface area contributed by atoms with Crippen molar-refractivity contribution in [2.24, 2.45) is 0 Å². The van der Waals surface area contributed by atoms with Gasteiger partial charge in [0.1, 0.15) is 0 Å². The maximum Gasteiger partial charge on any atom is 0.327 e. The van der Waals surface area contributed by atoms with Gasteiger partial charge >= 0.3 is 6.03 Å². The summed E-state index contributed by atoms with van der Waals surface area (Å²) in [6.07, 6.45) is 6.59. The van der Waals surface area contributed by atoms with Crippen LogP contribution in [0, 0.1) is 0 Å². The van der Waals surface area contributed by atoms with Gasteiger partial charge in [0.05, 0.1) is 36.1 Å². The van der Waals surface area contributed by atoms with Crippen LogP contribution in [0.3, 0.4) is 0 Å². The van der Waals surface area contributed by atoms with Gasteiger partial charge in [0.15, 0.2) is 11.6 Å². The van der Waals surface area contributed by atoms with Crippen molar-refractivity contribution in [2.75, 3.05) is 41.4 Å². The Balaban J connectivity index is 1.42. The SMILES string of the molecule is O=C(Nc1cncc(N2CCCC2)c1)N1CCCOc2ccc(-c3cccc(Cl)c3)nc21. The lowest BCUT2D eigenvalue weighted by Crippen LogP contribution is -2.36. The summed E-state index contributed by atoms with van der Waals surface area (Å²) >= 11 is 6.16. The van der Waals surface area contributed by atoms with E-state index in [2.05, 4.69) is 15.2 Å². The third kappa shape index (κ3) is 4.34. The van der Waals surface area contributed by atoms with E-state index in [-0.39, 0.29) is 6.03 Å². The number of hydrogen-bond acceptors (Lipinski definition) is 5. The Morgan fingerprint density at radius 1 is 1.03 bits per heavy atom. The number of rotatable bonds is 3. The summed E-state index contributed by atoms with van der Waals surface area (Å²) in [5.74, 6) is 1.09. The molecule has 0 bridgehead atoms. The van der Waals surface area contributed by atoms with Gasteiger partial charge in [-0.3, -0.25) is 9.88 Å². The normalized spacial score (nSPS) is 15.7. The lowest BCUT2D eigenvalue weighted by Gasteiger charge is -2.22. The molecule has 2 aliphatic rings. The topological polar surface area (TPSA) is 70.6 Å². The number of pyridine rings is 2. The molecule has 0 unspecified atom stereocenters. The molecule has 32 heavy (non-hydrogen) atoms. The van der Waals surface area contributed by atoms with Crippen LogP contribution in [0.2, 0.25) is 5.02 Å². The van der Waals surface area contributed by atoms with Crippen LogP contribution in [0.4, 0.5) is 22.0 Å². The van der Waals surface area contributed by atoms with Crippen molar-refractivity contribution in [2.45, 2.75) is 19.3 Å². The van der Waals surface area contributed by atoms with E-state index >= 15 is 0 Å². The molecule has 7 nitrogen and oxygen atoms in total. The van der Waals surface area contributed by atoms with Crippen molar-refractivity contribution in [3.05, 3.63) is 59.9 Å². The molecular formula is C24H24ClN5O2. The van der Waals surface area contributed by atoms with Crippen molar-refractivity contribution in [1.29, 1.82) is 0 Å². The average Bonchev–Trinajstić information content (AvgIpc) is 3.26. The number of nitrogens with zero attached hydrogens (tertiary/aromatic N) is 4. The summed E-state index contributed by atoms with van der Waals surface area (Å²) in [6.45, 7) is 3.07. The number of amides is 2. The van der Waals surface area contributed by atoms with Gasteiger partial charge in [0, 0.05) is 30.2 Å². The monoisotopic (exact) mass is 449 g/mol. The van der Waals surface area contributed by atoms with Gasteiger partial charge in [-0.15, -0.1) is 0 Å². The quantitative estimate of drug-likeness (QED) is 0.593. The molecule has 1 aromatic carbocycles. The maximum absolute atomic E-state index is 13.3. The first kappa shape index (κ1) is 20.6. The van der Waals surface area contributed by atoms with Crippen LogP contribution in [0.15, 0.2) is 54.9 Å². The average molecular weight is 450 g/mol. The molecule has 164 valence electrons. The second kappa shape index (κ2) is 9.04. The Morgan fingerprint density at radius 2 is 1.91 bits per heavy atom. The smallest absolute Gasteiger partial charge is 0.327 e. The molecule has 1 saturated heterocycles. The molecule has 0 spiro atoms. The molecule has 3 aromatic rings. The van der Waals surface area contributed by atoms with E-state index in [4.69, 9.17) is 21.3 Å². The van der Waals surface area contributed by atoms with Crippen LogP contribution in [0.5, 0.6) is 5.75 Å². The number of anilines is 3. The summed E-state index contributed by atoms with van der Waals surface area (Å²) in [5.41, 5.74) is 3.30. The van der Waals surface area contributed by atoms with Crippen LogP contribution >= 0.6 is 11.6 Å². The van der Waals surface area contributed by atoms with Crippen LogP contribution in [-0.4, -0.2) is 42.2 Å². The van der Waals surface area contributed by atoms with Gasteiger partial charge in [-0.2, -0.15) is 0 Å². The van der Waals surface area contributed by atoms with Gasteiger partial charge in [-0.1, -0.05) is 23.7 Å². The number of ether oxygens (including phenoxy) is 1. The fourth-order valence-electron chi connectivity index (χ4n) is 4.09. The molecule has 4 heterocycles. The lowest BCUT2D eigenvalue weighted by atomic mass is 10.1. The lowest BCUT2D eigenvalue weighted by molar-refractivity contribution is 0.256. The van der Waals surface area contributed by atoms with Crippen molar-refractivity contribution >= 4 is 34.8 Å². The Kier molecular flexibility index (Phi) is 5.81. The minimum absolute atomic E-state index is 0.257. The van der Waals surface area contributed by atoms with E-state index in [9.17, 15) is 4.79 Å². The van der Waals surface area contributed by atoms with E-state index in [1.807, 2.05) is 48.7 Å². The van der Waals surface area contributed by atoms with E-state index in [0.717, 1.165) is 30.0 Å². The molecule has 0 aliphatic carbocycles. The molecular weight excluding hydrogens is 426 g/mol. The predicted octanol–water partition coefficient (Wildman–Crippen LogP) is 5.22. The van der Waals surface area contributed by atoms with Crippen LogP contribution in [-0.2, 0) is 0 Å². The van der Waals surface area contributed by atoms with Crippen LogP contribution < -0.4 is 19.9 Å². The minimum Gasteiger partial charge on any atom is -0.490 e. The zero-order valence-corrected chi connectivity index (χ0v) is 18.4. The highest BCUT2D eigenvalue weighted by atomic mass is 35.5. The highest BCUT2D eigenvalue weighted by molar-refractivity contribution is 6.30. The molecule has 1 N–H and O–H groups in total. The summed E-state index contributed by atoms with van der Waals surface area (Å²) in [6, 6.07) is 13.0. The fourth-order valence-corrected chi connectivity index (χ4v) is 4.28. The van der Waals surface area contributed by atoms with Gasteiger partial charge in [0.25, 0.3) is 0 Å². The van der Waals surface area contributed by atoms with Crippen molar-refractivity contribution in [3.63, 3.8) is 0 Å². The molecule has 1 fully saturated rings. The summed E-state index contributed by atoms with van der Waals surface area (Å²) in [5, 5.41) is 3.63. The number of benzene rings is 1. The molecule has 8 heteroatoms. The van der Waals surface area contributed by atoms with Gasteiger partial charge in [-0.25, -0.2) is 9.78 Å². The second-order valence-corrected chi connectivity index (χ2v) is 8.37. The van der Waals surface area contributed by atoms with E-state index in [0.29, 0.717) is 41.8 Å². The highest BCUT2D eigenvalue weighted by Gasteiger charge is 2.25. The summed E-state index contributed by atoms with van der Waals surface area (Å²) in [4.78, 5) is 26.3. The molecule has 0 atom stereocenters. The van der Waals surface area contributed by atoms with Crippen LogP contribution in [0.1, 0.15) is 19.3 Å². The molecule has 2 aromatic heterocycles. The van der Waals surface area contributed by atoms with Gasteiger partial charge in [0.2, 0.25) is 0 Å². The molecule has 0 saturated carbocycles. The fraction of sp³-hybridized carbons (Fsp3) is 0.292. The molecule has 5 rings (SSSR count). The number of hydrogen-bond donors (Lipinski definition) is 1. The van der Waals surface area contributed by atoms with E-state index in [1.54, 1.807) is 11.1 Å². The molecule has 2 amide bonds. The Morgan fingerprint density at radius 3 is 2.75 bits per heavy atom. The highest BCUT2D eigenvalue weighted by Crippen LogP contribution is 2.33. The first-order valence-corrected chi connectivity index (χ1v) is 11.2. The first-order valence-electron chi connectivity index (χ1n) is 10.9. The Hall–Kier alpha value is -3.32. The largest absolute Gasteiger partial charge is 0.490 e. The van der Waals surface area contributed by atoms with Crippen molar-refractivity contribution in [1.82, 2.24) is 9.97 Å². The maximum atomic E-state index is 13.3. The summed E-state index contributed by atoms with van der Waals surface area (Å²) < 4.78 is 5.85. The predicted molar refractivity (Wildman–Crippen MR) is 127 cm³/mol. The standard InChI is InChI=1S/C24H24ClN5O2/c25-18-6-3-5-17(13-18)21-7-8-22-23(28-21)30(11-4-12-32-22)24(31)27-19-14-20(16-26-15-19)29-9-1-2-10-29/h3,5-8,13-16H,1-2,4,9-12H2,(H,27,31). The van der Waals surface area contributed by atoms with E-state index in [1.165, 1.54) is 12.8 Å². The second-order valence-electron chi connectivity index (χ2n) is 7.94. The number of aromatic nitrogens is 2.